The average molecular weight is 1700 g/mol. The van der Waals surface area contributed by atoms with E-state index >= 15 is 0 Å². The Labute approximate surface area is 646 Å². The SMILES string of the molecule is CC1(O)CCCC1.CC1(O)CCCC1.CC1(O)CCCC1.CC1(O)CCCC1.CC1(O)CCCC1.O=C(OC1C(C2(O)CCCC2)C1C1(O)CCCC1)C(F)(F)S(=O)(=O)[O-].O=C(OC1CCC1C1(O)CCCC1)C(F)(F)S(=O)(=O)[O-].O=C(OC1CCCC1)C(F)(F)S(=O)(=O)[O-].O=C(OC1CCCCC1)C(F)(F)S(=O)(=O)[O-]. The van der Waals surface area contributed by atoms with Gasteiger partial charge in [0.1, 0.15) is 24.4 Å². The molecule has 0 radical (unpaired) electrons. The summed E-state index contributed by atoms with van der Waals surface area (Å²) in [6.07, 6.45) is 32.0. The van der Waals surface area contributed by atoms with Gasteiger partial charge in [0.15, 0.2) is 40.5 Å². The van der Waals surface area contributed by atoms with Crippen molar-refractivity contribution in [1.29, 1.82) is 0 Å². The molecule has 12 aliphatic rings. The number of rotatable bonds is 15. The Morgan fingerprint density at radius 2 is 0.486 bits per heavy atom. The number of carbonyl (C=O) groups is 4. The average Bonchev–Trinajstić information content (AvgIpc) is 1.54. The minimum Gasteiger partial charge on any atom is -0.743 e. The number of hydrogen-bond acceptors (Lipinski definition) is 28. The number of ether oxygens (including phenoxy) is 4. The zero-order chi connectivity index (χ0) is 84.6. The van der Waals surface area contributed by atoms with E-state index in [0.29, 0.717) is 70.6 Å². The number of alkyl halides is 8. The molecule has 12 fully saturated rings. The van der Waals surface area contributed by atoms with Crippen molar-refractivity contribution in [3.8, 4) is 0 Å². The van der Waals surface area contributed by atoms with Crippen LogP contribution in [0.2, 0.25) is 0 Å². The zero-order valence-corrected chi connectivity index (χ0v) is 67.1. The summed E-state index contributed by atoms with van der Waals surface area (Å²) in [6, 6.07) is 0. The van der Waals surface area contributed by atoms with Crippen LogP contribution in [0.1, 0.15) is 311 Å². The molecule has 28 nitrogen and oxygen atoms in total. The highest BCUT2D eigenvalue weighted by Gasteiger charge is 2.71. The first-order valence-electron chi connectivity index (χ1n) is 38.5. The van der Waals surface area contributed by atoms with Gasteiger partial charge in [-0.05, 0) is 202 Å². The van der Waals surface area contributed by atoms with Crippen LogP contribution in [0.3, 0.4) is 0 Å². The molecule has 12 aliphatic carbocycles. The minimum absolute atomic E-state index is 0.272. The molecule has 4 unspecified atom stereocenters. The summed E-state index contributed by atoms with van der Waals surface area (Å²) in [5, 5.41) is 57.5. The molecule has 0 heterocycles. The minimum atomic E-state index is -6.21. The first-order chi connectivity index (χ1) is 50.5. The third-order valence-electron chi connectivity index (χ3n) is 23.0. The van der Waals surface area contributed by atoms with Crippen LogP contribution in [-0.4, -0.2) is 207 Å². The molecule has 0 aromatic carbocycles. The van der Waals surface area contributed by atoms with Gasteiger partial charge in [-0.1, -0.05) is 109 Å². The van der Waals surface area contributed by atoms with Gasteiger partial charge < -0.3 is 78.0 Å². The number of halogens is 8. The van der Waals surface area contributed by atoms with E-state index in [2.05, 4.69) is 18.9 Å². The molecular weight excluding hydrogens is 1580 g/mol. The molecule has 40 heteroatoms. The number of hydrogen-bond donors (Lipinski definition) is 8. The maximum absolute atomic E-state index is 13.4. The van der Waals surface area contributed by atoms with E-state index in [-0.39, 0.29) is 34.4 Å². The highest BCUT2D eigenvalue weighted by Crippen LogP contribution is 2.62. The maximum atomic E-state index is 13.4. The highest BCUT2D eigenvalue weighted by molar-refractivity contribution is 7.88. The van der Waals surface area contributed by atoms with Gasteiger partial charge in [-0.25, -0.2) is 52.8 Å². The molecular formula is C71H116F8O28S4-4. The second-order valence-electron chi connectivity index (χ2n) is 33.4. The summed E-state index contributed by atoms with van der Waals surface area (Å²) in [4.78, 5) is 44.3. The van der Waals surface area contributed by atoms with Crippen molar-refractivity contribution in [2.24, 2.45) is 17.8 Å². The van der Waals surface area contributed by atoms with E-state index in [1.165, 1.54) is 64.2 Å². The highest BCUT2D eigenvalue weighted by atomic mass is 32.2. The Balaban J connectivity index is 0.000000275. The lowest BCUT2D eigenvalue weighted by Gasteiger charge is -2.45. The van der Waals surface area contributed by atoms with Crippen molar-refractivity contribution in [3.05, 3.63) is 0 Å². The quantitative estimate of drug-likeness (QED) is 0.0327. The molecule has 0 spiro atoms. The van der Waals surface area contributed by atoms with Crippen molar-refractivity contribution in [3.63, 3.8) is 0 Å². The molecule has 652 valence electrons. The molecule has 0 aromatic heterocycles. The molecule has 0 saturated heterocycles. The van der Waals surface area contributed by atoms with Gasteiger partial charge in [0.2, 0.25) is 0 Å². The van der Waals surface area contributed by atoms with Gasteiger partial charge >= 0.3 is 44.9 Å². The molecule has 0 amide bonds. The standard InChI is InChI=1S/C15H22F2O7S.C11H16F2O6S.C8H12F2O5S.C7H10F2O5S.5C6H12O/c16-15(17,25(21,22)23)12(18)24-11-9(13(19)5-1-2-6-13)10(11)14(20)7-3-4-8-14;12-11(13,20(16,17)18)9(14)19-8-4-3-7(8)10(15)5-1-2-6-10;9-8(10,16(12,13)14)7(11)15-6-4-2-1-3-5-6;8-7(9,15(11,12)13)6(10)14-5-3-1-2-4-5;5*1-6(7)4-2-3-5-6/h9-11,19-20H,1-8H2,(H,21,22,23);7-8,15H,1-6H2,(H,16,17,18);6H,1-5H2,(H,12,13,14);5H,1-4H2,(H,11,12,13);5*7H,2-5H2,1H3/p-4. The Morgan fingerprint density at radius 1 is 0.288 bits per heavy atom. The van der Waals surface area contributed by atoms with Crippen molar-refractivity contribution in [2.75, 3.05) is 0 Å². The van der Waals surface area contributed by atoms with Crippen LogP contribution in [0.5, 0.6) is 0 Å². The largest absolute Gasteiger partial charge is 0.743 e. The molecule has 111 heavy (non-hydrogen) atoms. The van der Waals surface area contributed by atoms with E-state index in [1.54, 1.807) is 0 Å². The maximum Gasteiger partial charge on any atom is 0.428 e. The van der Waals surface area contributed by atoms with Crippen molar-refractivity contribution >= 4 is 64.3 Å². The van der Waals surface area contributed by atoms with Crippen LogP contribution >= 0.6 is 0 Å². The Morgan fingerprint density at radius 3 is 0.685 bits per heavy atom. The van der Waals surface area contributed by atoms with Crippen LogP contribution in [0, 0.1) is 17.8 Å². The van der Waals surface area contributed by atoms with E-state index < -0.39 is 144 Å². The second kappa shape index (κ2) is 39.9. The lowest BCUT2D eigenvalue weighted by molar-refractivity contribution is -0.188. The van der Waals surface area contributed by atoms with E-state index in [0.717, 1.165) is 135 Å². The molecule has 0 aromatic rings. The molecule has 0 bridgehead atoms. The fraction of sp³-hybridized carbons (Fsp3) is 0.944. The van der Waals surface area contributed by atoms with E-state index in [4.69, 9.17) is 0 Å². The Hall–Kier alpha value is -3.36. The normalized spacial score (nSPS) is 27.3. The Bertz CT molecular complexity index is 3270. The van der Waals surface area contributed by atoms with Crippen molar-refractivity contribution < 1.29 is 166 Å². The smallest absolute Gasteiger partial charge is 0.428 e. The number of aliphatic hydroxyl groups is 8. The summed E-state index contributed by atoms with van der Waals surface area (Å²) in [6.45, 7) is 9.58. The summed E-state index contributed by atoms with van der Waals surface area (Å²) in [7, 11) is -24.3. The summed E-state index contributed by atoms with van der Waals surface area (Å²) in [5.74, 6) is -11.3. The van der Waals surface area contributed by atoms with E-state index in [1.807, 2.05) is 34.6 Å². The monoisotopic (exact) mass is 1700 g/mol. The molecule has 12 rings (SSSR count). The van der Waals surface area contributed by atoms with Crippen molar-refractivity contribution in [1.82, 2.24) is 0 Å². The number of carbonyl (C=O) groups excluding carboxylic acids is 4. The zero-order valence-electron chi connectivity index (χ0n) is 63.8. The second-order valence-corrected chi connectivity index (χ2v) is 39.0. The van der Waals surface area contributed by atoms with Crippen molar-refractivity contribution in [2.45, 2.75) is 401 Å². The predicted molar refractivity (Wildman–Crippen MR) is 375 cm³/mol. The van der Waals surface area contributed by atoms with Gasteiger partial charge in [0.05, 0.1) is 44.8 Å². The fourth-order valence-corrected chi connectivity index (χ4v) is 17.1. The topological polar surface area (TPSA) is 496 Å². The number of esters is 4. The fourth-order valence-electron chi connectivity index (χ4n) is 16.1. The molecule has 12 saturated carbocycles. The summed E-state index contributed by atoms with van der Waals surface area (Å²) >= 11 is 0. The lowest BCUT2D eigenvalue weighted by atomic mass is 9.69. The van der Waals surface area contributed by atoms with Gasteiger partial charge in [-0.3, -0.25) is 0 Å². The summed E-state index contributed by atoms with van der Waals surface area (Å²) in [5.41, 5.74) is -5.05. The molecule has 8 N–H and O–H groups in total. The van der Waals surface area contributed by atoms with Crippen LogP contribution in [0.4, 0.5) is 35.1 Å². The van der Waals surface area contributed by atoms with Gasteiger partial charge in [0, 0.05) is 17.8 Å². The lowest BCUT2D eigenvalue weighted by Crippen LogP contribution is -2.52. The third kappa shape index (κ3) is 30.2. The molecule has 4 atom stereocenters. The van der Waals surface area contributed by atoms with Crippen LogP contribution in [0.25, 0.3) is 0 Å². The Kier molecular flexibility index (Phi) is 36.0. The predicted octanol–water partition coefficient (Wildman–Crippen LogP) is 9.81. The van der Waals surface area contributed by atoms with Gasteiger partial charge in [-0.2, -0.15) is 35.1 Å². The van der Waals surface area contributed by atoms with Crippen LogP contribution in [-0.2, 0) is 78.6 Å². The van der Waals surface area contributed by atoms with Crippen LogP contribution in [0.15, 0.2) is 0 Å². The van der Waals surface area contributed by atoms with Gasteiger partial charge in [0.25, 0.3) is 0 Å². The van der Waals surface area contributed by atoms with Gasteiger partial charge in [-0.15, -0.1) is 0 Å². The van der Waals surface area contributed by atoms with Crippen LogP contribution < -0.4 is 0 Å². The summed E-state index contributed by atoms with van der Waals surface area (Å²) < 4.78 is 244. The molecule has 0 aliphatic heterocycles. The van der Waals surface area contributed by atoms with E-state index in [9.17, 15) is 147 Å². The third-order valence-corrected chi connectivity index (χ3v) is 26.2. The first-order valence-corrected chi connectivity index (χ1v) is 44.1. The first kappa shape index (κ1) is 100.0.